The van der Waals surface area contributed by atoms with Gasteiger partial charge in [-0.2, -0.15) is 0 Å². The Morgan fingerprint density at radius 1 is 1.25 bits per heavy atom. The van der Waals surface area contributed by atoms with Crippen LogP contribution in [0.2, 0.25) is 0 Å². The summed E-state index contributed by atoms with van der Waals surface area (Å²) in [5.41, 5.74) is 7.99. The second kappa shape index (κ2) is 7.80. The normalized spacial score (nSPS) is 11.8. The molecule has 2 N–H and O–H groups in total. The molecular formula is C16H25NO3. The molecule has 1 aromatic rings. The Kier molecular flexibility index (Phi) is 6.39. The van der Waals surface area contributed by atoms with Crippen molar-refractivity contribution in [3.8, 4) is 17.2 Å². The van der Waals surface area contributed by atoms with E-state index in [1.807, 2.05) is 26.0 Å². The predicted octanol–water partition coefficient (Wildman–Crippen LogP) is 2.94. The van der Waals surface area contributed by atoms with Crippen LogP contribution < -0.4 is 19.9 Å². The summed E-state index contributed by atoms with van der Waals surface area (Å²) in [7, 11) is 3.24. The van der Waals surface area contributed by atoms with Crippen LogP contribution in [0.25, 0.3) is 0 Å². The van der Waals surface area contributed by atoms with Crippen LogP contribution in [-0.2, 0) is 6.42 Å². The van der Waals surface area contributed by atoms with Crippen LogP contribution in [-0.4, -0.2) is 26.9 Å². The molecule has 1 atom stereocenters. The summed E-state index contributed by atoms with van der Waals surface area (Å²) in [6.45, 7) is 8.36. The smallest absolute Gasteiger partial charge is 0.203 e. The number of nitrogens with two attached hydrogens (primary N) is 1. The quantitative estimate of drug-likeness (QED) is 0.743. The maximum Gasteiger partial charge on any atom is 0.203 e. The van der Waals surface area contributed by atoms with E-state index in [0.717, 1.165) is 24.0 Å². The van der Waals surface area contributed by atoms with Crippen molar-refractivity contribution in [3.05, 3.63) is 29.8 Å². The molecule has 0 aliphatic heterocycles. The Bertz CT molecular complexity index is 430. The van der Waals surface area contributed by atoms with Crippen LogP contribution in [0.5, 0.6) is 17.2 Å². The fourth-order valence-corrected chi connectivity index (χ4v) is 1.89. The molecule has 0 spiro atoms. The van der Waals surface area contributed by atoms with Crippen molar-refractivity contribution in [2.24, 2.45) is 5.73 Å². The van der Waals surface area contributed by atoms with E-state index in [-0.39, 0.29) is 6.04 Å². The van der Waals surface area contributed by atoms with Crippen molar-refractivity contribution in [2.75, 3.05) is 20.8 Å². The van der Waals surface area contributed by atoms with Crippen molar-refractivity contribution in [1.29, 1.82) is 0 Å². The van der Waals surface area contributed by atoms with Gasteiger partial charge < -0.3 is 19.9 Å². The first kappa shape index (κ1) is 16.4. The Labute approximate surface area is 121 Å². The molecule has 0 saturated carbocycles. The van der Waals surface area contributed by atoms with Crippen molar-refractivity contribution < 1.29 is 14.2 Å². The van der Waals surface area contributed by atoms with E-state index < -0.39 is 0 Å². The van der Waals surface area contributed by atoms with Crippen molar-refractivity contribution in [2.45, 2.75) is 32.7 Å². The third-order valence-electron chi connectivity index (χ3n) is 2.85. The highest BCUT2D eigenvalue weighted by molar-refractivity contribution is 5.54. The summed E-state index contributed by atoms with van der Waals surface area (Å²) >= 11 is 0. The molecule has 112 valence electrons. The third-order valence-corrected chi connectivity index (χ3v) is 2.85. The average molecular weight is 279 g/mol. The highest BCUT2D eigenvalue weighted by Gasteiger charge is 2.14. The molecule has 0 fully saturated rings. The molecule has 0 aliphatic carbocycles. The van der Waals surface area contributed by atoms with Gasteiger partial charge >= 0.3 is 0 Å². The minimum atomic E-state index is 0.0830. The molecule has 0 heterocycles. The minimum Gasteiger partial charge on any atom is -0.493 e. The van der Waals surface area contributed by atoms with Crippen molar-refractivity contribution >= 4 is 0 Å². The largest absolute Gasteiger partial charge is 0.493 e. The van der Waals surface area contributed by atoms with Crippen LogP contribution in [0.1, 0.15) is 25.8 Å². The van der Waals surface area contributed by atoms with E-state index in [0.29, 0.717) is 23.9 Å². The first-order valence-electron chi connectivity index (χ1n) is 6.75. The maximum atomic E-state index is 5.84. The molecular weight excluding hydrogens is 254 g/mol. The van der Waals surface area contributed by atoms with E-state index >= 15 is 0 Å². The number of benzene rings is 1. The van der Waals surface area contributed by atoms with Gasteiger partial charge in [0.2, 0.25) is 5.75 Å². The number of hydrogen-bond acceptors (Lipinski definition) is 4. The highest BCUT2D eigenvalue weighted by atomic mass is 16.5. The van der Waals surface area contributed by atoms with Gasteiger partial charge in [0.25, 0.3) is 0 Å². The van der Waals surface area contributed by atoms with Crippen LogP contribution in [0, 0.1) is 0 Å². The summed E-state index contributed by atoms with van der Waals surface area (Å²) in [6.07, 6.45) is 1.56. The first-order chi connectivity index (χ1) is 9.47. The summed E-state index contributed by atoms with van der Waals surface area (Å²) in [6, 6.07) is 3.98. The Balaban J connectivity index is 2.98. The van der Waals surface area contributed by atoms with Gasteiger partial charge in [-0.25, -0.2) is 0 Å². The van der Waals surface area contributed by atoms with E-state index in [9.17, 15) is 0 Å². The van der Waals surface area contributed by atoms with Crippen LogP contribution >= 0.6 is 0 Å². The van der Waals surface area contributed by atoms with E-state index in [4.69, 9.17) is 19.9 Å². The molecule has 0 radical (unpaired) electrons. The molecule has 0 bridgehead atoms. The molecule has 0 aliphatic rings. The van der Waals surface area contributed by atoms with E-state index in [1.54, 1.807) is 14.2 Å². The van der Waals surface area contributed by atoms with Gasteiger partial charge in [-0.3, -0.25) is 0 Å². The second-order valence-electron chi connectivity index (χ2n) is 5.07. The SMILES string of the molecule is C=C(C)CCOc1c(OC)cc(CC(C)N)cc1OC. The maximum absolute atomic E-state index is 5.84. The molecule has 4 nitrogen and oxygen atoms in total. The lowest BCUT2D eigenvalue weighted by Gasteiger charge is -2.17. The first-order valence-corrected chi connectivity index (χ1v) is 6.75. The lowest BCUT2D eigenvalue weighted by molar-refractivity contribution is 0.277. The van der Waals surface area contributed by atoms with Gasteiger partial charge in [0.05, 0.1) is 20.8 Å². The summed E-state index contributed by atoms with van der Waals surface area (Å²) in [5.74, 6) is 1.97. The van der Waals surface area contributed by atoms with Gasteiger partial charge in [0, 0.05) is 12.5 Å². The lowest BCUT2D eigenvalue weighted by atomic mass is 10.1. The van der Waals surface area contributed by atoms with E-state index in [1.165, 1.54) is 0 Å². The summed E-state index contributed by atoms with van der Waals surface area (Å²) < 4.78 is 16.6. The number of hydrogen-bond donors (Lipinski definition) is 1. The second-order valence-corrected chi connectivity index (χ2v) is 5.07. The minimum absolute atomic E-state index is 0.0830. The zero-order valence-electron chi connectivity index (χ0n) is 12.9. The zero-order chi connectivity index (χ0) is 15.1. The topological polar surface area (TPSA) is 53.7 Å². The van der Waals surface area contributed by atoms with Gasteiger partial charge in [0.15, 0.2) is 11.5 Å². The molecule has 0 amide bonds. The number of ether oxygens (including phenoxy) is 3. The zero-order valence-corrected chi connectivity index (χ0v) is 12.9. The molecule has 1 aromatic carbocycles. The van der Waals surface area contributed by atoms with Crippen LogP contribution in [0.3, 0.4) is 0 Å². The van der Waals surface area contributed by atoms with Gasteiger partial charge in [-0.05, 0) is 38.0 Å². The summed E-state index contributed by atoms with van der Waals surface area (Å²) in [4.78, 5) is 0. The average Bonchev–Trinajstić information content (AvgIpc) is 2.38. The van der Waals surface area contributed by atoms with E-state index in [2.05, 4.69) is 6.58 Å². The standard InChI is InChI=1S/C16H25NO3/c1-11(2)6-7-20-16-14(18-4)9-13(8-12(3)17)10-15(16)19-5/h9-10,12H,1,6-8,17H2,2-5H3. The lowest BCUT2D eigenvalue weighted by Crippen LogP contribution is -2.17. The fraction of sp³-hybridized carbons (Fsp3) is 0.500. The van der Waals surface area contributed by atoms with Crippen LogP contribution in [0.4, 0.5) is 0 Å². The molecule has 1 rings (SSSR count). The molecule has 0 aromatic heterocycles. The number of rotatable bonds is 8. The highest BCUT2D eigenvalue weighted by Crippen LogP contribution is 2.39. The monoisotopic (exact) mass is 279 g/mol. The Morgan fingerprint density at radius 2 is 1.80 bits per heavy atom. The molecule has 4 heteroatoms. The fourth-order valence-electron chi connectivity index (χ4n) is 1.89. The predicted molar refractivity (Wildman–Crippen MR) is 81.8 cm³/mol. The van der Waals surface area contributed by atoms with Crippen LogP contribution in [0.15, 0.2) is 24.3 Å². The third kappa shape index (κ3) is 4.78. The molecule has 20 heavy (non-hydrogen) atoms. The molecule has 1 unspecified atom stereocenters. The van der Waals surface area contributed by atoms with Gasteiger partial charge in [0.1, 0.15) is 0 Å². The van der Waals surface area contributed by atoms with Crippen molar-refractivity contribution in [1.82, 2.24) is 0 Å². The Morgan fingerprint density at radius 3 is 2.20 bits per heavy atom. The van der Waals surface area contributed by atoms with Crippen molar-refractivity contribution in [3.63, 3.8) is 0 Å². The van der Waals surface area contributed by atoms with Gasteiger partial charge in [-0.1, -0.05) is 5.57 Å². The summed E-state index contributed by atoms with van der Waals surface area (Å²) in [5, 5.41) is 0. The number of methoxy groups -OCH3 is 2. The van der Waals surface area contributed by atoms with Gasteiger partial charge in [-0.15, -0.1) is 6.58 Å². The Hall–Kier alpha value is -1.68. The molecule has 0 saturated heterocycles.